The van der Waals surface area contributed by atoms with Crippen LogP contribution in [0.15, 0.2) is 0 Å². The molecule has 1 heterocycles. The van der Waals surface area contributed by atoms with Gasteiger partial charge in [0.25, 0.3) is 0 Å². The lowest BCUT2D eigenvalue weighted by atomic mass is 10.2. The second kappa shape index (κ2) is 9.33. The first-order chi connectivity index (χ1) is 9.99. The van der Waals surface area contributed by atoms with Crippen LogP contribution in [0, 0.1) is 0 Å². The van der Waals surface area contributed by atoms with Gasteiger partial charge in [0.05, 0.1) is 0 Å². The van der Waals surface area contributed by atoms with Crippen LogP contribution in [-0.4, -0.2) is 53.6 Å². The van der Waals surface area contributed by atoms with Crippen LogP contribution >= 0.6 is 0 Å². The molecule has 1 rings (SSSR count). The average molecular weight is 299 g/mol. The van der Waals surface area contributed by atoms with Gasteiger partial charge in [0, 0.05) is 25.4 Å². The minimum Gasteiger partial charge on any atom is -0.481 e. The molecule has 0 aromatic heterocycles. The molecule has 0 aromatic carbocycles. The number of amides is 3. The molecule has 0 radical (unpaired) electrons. The van der Waals surface area contributed by atoms with Crippen molar-refractivity contribution in [2.24, 2.45) is 0 Å². The van der Waals surface area contributed by atoms with Crippen LogP contribution in [0.3, 0.4) is 0 Å². The standard InChI is InChI=1S/C14H25N3O4/c1-11(17-8-4-5-9-17)10-15-14(21)16-12(18)6-2-3-7-13(19)20/h11H,2-10H2,1H3,(H,19,20)(H2,15,16,18,21). The van der Waals surface area contributed by atoms with Crippen LogP contribution in [-0.2, 0) is 9.59 Å². The number of likely N-dealkylation sites (tertiary alicyclic amines) is 1. The van der Waals surface area contributed by atoms with Crippen LogP contribution in [0.5, 0.6) is 0 Å². The van der Waals surface area contributed by atoms with Crippen LogP contribution in [0.25, 0.3) is 0 Å². The Morgan fingerprint density at radius 1 is 1.14 bits per heavy atom. The molecule has 7 nitrogen and oxygen atoms in total. The van der Waals surface area contributed by atoms with E-state index < -0.39 is 12.0 Å². The van der Waals surface area contributed by atoms with E-state index in [9.17, 15) is 14.4 Å². The molecule has 1 unspecified atom stereocenters. The number of imide groups is 1. The van der Waals surface area contributed by atoms with Gasteiger partial charge in [-0.3, -0.25) is 19.8 Å². The lowest BCUT2D eigenvalue weighted by Gasteiger charge is -2.23. The lowest BCUT2D eigenvalue weighted by Crippen LogP contribution is -2.45. The van der Waals surface area contributed by atoms with Crippen molar-refractivity contribution in [3.63, 3.8) is 0 Å². The van der Waals surface area contributed by atoms with E-state index in [1.807, 2.05) is 0 Å². The first-order valence-corrected chi connectivity index (χ1v) is 7.52. The Kier molecular flexibility index (Phi) is 7.74. The number of carbonyl (C=O) groups excluding carboxylic acids is 2. The molecule has 1 aliphatic heterocycles. The molecule has 0 aromatic rings. The monoisotopic (exact) mass is 299 g/mol. The summed E-state index contributed by atoms with van der Waals surface area (Å²) >= 11 is 0. The minimum atomic E-state index is -0.871. The maximum Gasteiger partial charge on any atom is 0.321 e. The van der Waals surface area contributed by atoms with E-state index in [1.54, 1.807) is 0 Å². The van der Waals surface area contributed by atoms with Gasteiger partial charge >= 0.3 is 12.0 Å². The third kappa shape index (κ3) is 7.65. The number of rotatable bonds is 8. The summed E-state index contributed by atoms with van der Waals surface area (Å²) < 4.78 is 0. The fraction of sp³-hybridized carbons (Fsp3) is 0.786. The van der Waals surface area contributed by atoms with Crippen molar-refractivity contribution < 1.29 is 19.5 Å². The molecule has 7 heteroatoms. The molecule has 1 saturated heterocycles. The van der Waals surface area contributed by atoms with Crippen LogP contribution in [0.4, 0.5) is 4.79 Å². The smallest absolute Gasteiger partial charge is 0.321 e. The largest absolute Gasteiger partial charge is 0.481 e. The summed E-state index contributed by atoms with van der Waals surface area (Å²) in [5, 5.41) is 13.4. The Morgan fingerprint density at radius 3 is 2.38 bits per heavy atom. The number of aliphatic carboxylic acids is 1. The van der Waals surface area contributed by atoms with Gasteiger partial charge in [-0.15, -0.1) is 0 Å². The highest BCUT2D eigenvalue weighted by Gasteiger charge is 2.18. The number of hydrogen-bond acceptors (Lipinski definition) is 4. The van der Waals surface area contributed by atoms with Crippen LogP contribution in [0.1, 0.15) is 45.4 Å². The second-order valence-electron chi connectivity index (χ2n) is 5.45. The van der Waals surface area contributed by atoms with E-state index in [0.717, 1.165) is 13.1 Å². The van der Waals surface area contributed by atoms with Crippen molar-refractivity contribution >= 4 is 17.9 Å². The Balaban J connectivity index is 2.09. The van der Waals surface area contributed by atoms with Gasteiger partial charge in [-0.25, -0.2) is 4.79 Å². The molecule has 0 spiro atoms. The highest BCUT2D eigenvalue weighted by Crippen LogP contribution is 2.10. The fourth-order valence-electron chi connectivity index (χ4n) is 2.35. The number of urea groups is 1. The van der Waals surface area contributed by atoms with Gasteiger partial charge < -0.3 is 10.4 Å². The number of unbranched alkanes of at least 4 members (excludes halogenated alkanes) is 1. The molecular weight excluding hydrogens is 274 g/mol. The van der Waals surface area contributed by atoms with E-state index in [0.29, 0.717) is 19.4 Å². The minimum absolute atomic E-state index is 0.0484. The maximum absolute atomic E-state index is 11.6. The predicted molar refractivity (Wildman–Crippen MR) is 77.9 cm³/mol. The third-order valence-electron chi connectivity index (χ3n) is 3.62. The highest BCUT2D eigenvalue weighted by atomic mass is 16.4. The summed E-state index contributed by atoms with van der Waals surface area (Å²) in [6.07, 6.45) is 3.53. The van der Waals surface area contributed by atoms with E-state index in [4.69, 9.17) is 5.11 Å². The van der Waals surface area contributed by atoms with Gasteiger partial charge in [-0.2, -0.15) is 0 Å². The van der Waals surface area contributed by atoms with Crippen molar-refractivity contribution in [1.82, 2.24) is 15.5 Å². The molecule has 3 N–H and O–H groups in total. The SMILES string of the molecule is CC(CNC(=O)NC(=O)CCCCC(=O)O)N1CCCC1. The van der Waals surface area contributed by atoms with Gasteiger partial charge in [0.2, 0.25) is 5.91 Å². The molecule has 1 aliphatic rings. The topological polar surface area (TPSA) is 98.7 Å². The fourth-order valence-corrected chi connectivity index (χ4v) is 2.35. The summed E-state index contributed by atoms with van der Waals surface area (Å²) in [6, 6.07) is -0.215. The Bertz CT molecular complexity index is 367. The summed E-state index contributed by atoms with van der Waals surface area (Å²) in [4.78, 5) is 35.7. The van der Waals surface area contributed by atoms with E-state index >= 15 is 0 Å². The number of nitrogens with one attached hydrogen (secondary N) is 2. The molecule has 0 saturated carbocycles. The van der Waals surface area contributed by atoms with Crippen molar-refractivity contribution in [3.8, 4) is 0 Å². The van der Waals surface area contributed by atoms with Crippen LogP contribution in [0.2, 0.25) is 0 Å². The molecular formula is C14H25N3O4. The highest BCUT2D eigenvalue weighted by molar-refractivity contribution is 5.94. The normalized spacial score (nSPS) is 16.4. The van der Waals surface area contributed by atoms with E-state index in [-0.39, 0.29) is 24.8 Å². The second-order valence-corrected chi connectivity index (χ2v) is 5.45. The maximum atomic E-state index is 11.6. The number of nitrogens with zero attached hydrogens (tertiary/aromatic N) is 1. The Morgan fingerprint density at radius 2 is 1.76 bits per heavy atom. The quantitative estimate of drug-likeness (QED) is 0.579. The van der Waals surface area contributed by atoms with Crippen molar-refractivity contribution in [2.45, 2.75) is 51.5 Å². The van der Waals surface area contributed by atoms with Gasteiger partial charge in [0.1, 0.15) is 0 Å². The average Bonchev–Trinajstić information content (AvgIpc) is 2.95. The Hall–Kier alpha value is -1.63. The number of carboxylic acids is 1. The van der Waals surface area contributed by atoms with Gasteiger partial charge in [-0.05, 0) is 45.7 Å². The molecule has 120 valence electrons. The van der Waals surface area contributed by atoms with Crippen LogP contribution < -0.4 is 10.6 Å². The zero-order valence-electron chi connectivity index (χ0n) is 12.6. The summed E-state index contributed by atoms with van der Waals surface area (Å²) in [6.45, 7) is 4.69. The van der Waals surface area contributed by atoms with Gasteiger partial charge in [-0.1, -0.05) is 0 Å². The summed E-state index contributed by atoms with van der Waals surface area (Å²) in [5.41, 5.74) is 0. The summed E-state index contributed by atoms with van der Waals surface area (Å²) in [5.74, 6) is -1.24. The molecule has 1 atom stereocenters. The third-order valence-corrected chi connectivity index (χ3v) is 3.62. The summed E-state index contributed by atoms with van der Waals surface area (Å²) in [7, 11) is 0. The Labute approximate surface area is 125 Å². The van der Waals surface area contributed by atoms with Crippen molar-refractivity contribution in [1.29, 1.82) is 0 Å². The van der Waals surface area contributed by atoms with Crippen molar-refractivity contribution in [2.75, 3.05) is 19.6 Å². The van der Waals surface area contributed by atoms with Crippen molar-refractivity contribution in [3.05, 3.63) is 0 Å². The molecule has 0 aliphatic carbocycles. The number of carboxylic acid groups (broad SMARTS) is 1. The number of hydrogen-bond donors (Lipinski definition) is 3. The molecule has 3 amide bonds. The van der Waals surface area contributed by atoms with E-state index in [1.165, 1.54) is 12.8 Å². The molecule has 0 bridgehead atoms. The van der Waals surface area contributed by atoms with E-state index in [2.05, 4.69) is 22.5 Å². The lowest BCUT2D eigenvalue weighted by molar-refractivity contribution is -0.137. The zero-order valence-corrected chi connectivity index (χ0v) is 12.6. The molecule has 1 fully saturated rings. The number of carbonyl (C=O) groups is 3. The first kappa shape index (κ1) is 17.4. The predicted octanol–water partition coefficient (Wildman–Crippen LogP) is 0.941. The molecule has 21 heavy (non-hydrogen) atoms. The zero-order chi connectivity index (χ0) is 15.7. The van der Waals surface area contributed by atoms with Gasteiger partial charge in [0.15, 0.2) is 0 Å². The first-order valence-electron chi connectivity index (χ1n) is 7.52.